The molecule has 0 aromatic heterocycles. The van der Waals surface area contributed by atoms with Gasteiger partial charge >= 0.3 is 0 Å². The fraction of sp³-hybridized carbons (Fsp3) is 0.500. The minimum absolute atomic E-state index is 0.00328. The predicted molar refractivity (Wildman–Crippen MR) is 90.5 cm³/mol. The van der Waals surface area contributed by atoms with Gasteiger partial charge in [-0.3, -0.25) is 4.79 Å². The van der Waals surface area contributed by atoms with Crippen molar-refractivity contribution in [3.05, 3.63) is 29.8 Å². The molecular weight excluding hydrogens is 282 g/mol. The first-order valence-electron chi connectivity index (χ1n) is 7.47. The molecule has 0 atom stereocenters. The minimum Gasteiger partial charge on any atom is -0.389 e. The van der Waals surface area contributed by atoms with Crippen molar-refractivity contribution >= 4 is 28.8 Å². The largest absolute Gasteiger partial charge is 0.389 e. The first-order valence-corrected chi connectivity index (χ1v) is 7.87. The smallest absolute Gasteiger partial charge is 0.225 e. The molecule has 0 unspecified atom stereocenters. The third-order valence-electron chi connectivity index (χ3n) is 4.11. The van der Waals surface area contributed by atoms with Crippen molar-refractivity contribution < 1.29 is 4.79 Å². The van der Waals surface area contributed by atoms with Gasteiger partial charge in [-0.15, -0.1) is 0 Å². The number of nitrogens with one attached hydrogen (secondary N) is 1. The van der Waals surface area contributed by atoms with Crippen LogP contribution in [0.5, 0.6) is 0 Å². The van der Waals surface area contributed by atoms with Gasteiger partial charge in [0.2, 0.25) is 5.91 Å². The highest BCUT2D eigenvalue weighted by atomic mass is 32.1. The van der Waals surface area contributed by atoms with Gasteiger partial charge in [0, 0.05) is 24.6 Å². The summed E-state index contributed by atoms with van der Waals surface area (Å²) in [6.07, 6.45) is 5.61. The zero-order chi connectivity index (χ0) is 15.2. The summed E-state index contributed by atoms with van der Waals surface area (Å²) in [5.41, 5.74) is 7.07. The normalized spacial score (nSPS) is 15.3. The standard InChI is InChI=1S/C16H23N3OS/c1-19(12-6-2-3-7-12)11-10-15(20)18-14-9-5-4-8-13(14)16(17)21/h4-5,8-9,12H,2-3,6-7,10-11H2,1H3,(H2,17,21)(H,18,20). The number of para-hydroxylation sites is 1. The molecule has 21 heavy (non-hydrogen) atoms. The molecule has 0 saturated heterocycles. The van der Waals surface area contributed by atoms with Crippen LogP contribution in [0.25, 0.3) is 0 Å². The Hall–Kier alpha value is -1.46. The zero-order valence-corrected chi connectivity index (χ0v) is 13.3. The molecule has 0 spiro atoms. The number of benzene rings is 1. The molecule has 5 heteroatoms. The molecule has 1 aromatic carbocycles. The maximum atomic E-state index is 12.1. The summed E-state index contributed by atoms with van der Waals surface area (Å²) in [4.78, 5) is 14.7. The summed E-state index contributed by atoms with van der Waals surface area (Å²) >= 11 is 5.00. The van der Waals surface area contributed by atoms with Gasteiger partial charge in [-0.05, 0) is 32.0 Å². The molecule has 1 aliphatic carbocycles. The van der Waals surface area contributed by atoms with Gasteiger partial charge < -0.3 is 16.0 Å². The Morgan fingerprint density at radius 3 is 2.71 bits per heavy atom. The second-order valence-electron chi connectivity index (χ2n) is 5.63. The number of hydrogen-bond acceptors (Lipinski definition) is 3. The Labute approximate surface area is 131 Å². The van der Waals surface area contributed by atoms with Crippen LogP contribution < -0.4 is 11.1 Å². The molecule has 1 fully saturated rings. The second kappa shape index (κ2) is 7.52. The van der Waals surface area contributed by atoms with Crippen LogP contribution in [-0.2, 0) is 4.79 Å². The number of hydrogen-bond donors (Lipinski definition) is 2. The number of thiocarbonyl (C=S) groups is 1. The molecule has 0 bridgehead atoms. The number of anilines is 1. The van der Waals surface area contributed by atoms with Crippen molar-refractivity contribution in [2.75, 3.05) is 18.9 Å². The number of amides is 1. The molecule has 3 N–H and O–H groups in total. The number of rotatable bonds is 6. The summed E-state index contributed by atoms with van der Waals surface area (Å²) in [6.45, 7) is 0.783. The Kier molecular flexibility index (Phi) is 5.70. The van der Waals surface area contributed by atoms with Gasteiger partial charge in [-0.1, -0.05) is 37.2 Å². The van der Waals surface area contributed by atoms with E-state index in [0.29, 0.717) is 28.7 Å². The molecule has 1 amide bonds. The highest BCUT2D eigenvalue weighted by Gasteiger charge is 2.19. The van der Waals surface area contributed by atoms with E-state index in [-0.39, 0.29) is 5.91 Å². The van der Waals surface area contributed by atoms with Crippen LogP contribution in [0.2, 0.25) is 0 Å². The Morgan fingerprint density at radius 2 is 2.05 bits per heavy atom. The van der Waals surface area contributed by atoms with Crippen LogP contribution in [0.15, 0.2) is 24.3 Å². The lowest BCUT2D eigenvalue weighted by molar-refractivity contribution is -0.116. The third kappa shape index (κ3) is 4.51. The average molecular weight is 305 g/mol. The number of carbonyl (C=O) groups is 1. The third-order valence-corrected chi connectivity index (χ3v) is 4.33. The van der Waals surface area contributed by atoms with Crippen LogP contribution in [0.4, 0.5) is 5.69 Å². The van der Waals surface area contributed by atoms with Gasteiger partial charge in [-0.2, -0.15) is 0 Å². The molecule has 1 aliphatic rings. The predicted octanol–water partition coefficient (Wildman–Crippen LogP) is 2.52. The van der Waals surface area contributed by atoms with Crippen LogP contribution in [0, 0.1) is 0 Å². The monoisotopic (exact) mass is 305 g/mol. The lowest BCUT2D eigenvalue weighted by Crippen LogP contribution is -2.32. The van der Waals surface area contributed by atoms with E-state index >= 15 is 0 Å². The lowest BCUT2D eigenvalue weighted by Gasteiger charge is -2.23. The molecular formula is C16H23N3OS. The van der Waals surface area contributed by atoms with Crippen LogP contribution >= 0.6 is 12.2 Å². The van der Waals surface area contributed by atoms with Gasteiger partial charge in [0.15, 0.2) is 0 Å². The van der Waals surface area contributed by atoms with E-state index in [0.717, 1.165) is 6.54 Å². The maximum absolute atomic E-state index is 12.1. The van der Waals surface area contributed by atoms with Crippen molar-refractivity contribution in [3.63, 3.8) is 0 Å². The van der Waals surface area contributed by atoms with Gasteiger partial charge in [0.1, 0.15) is 4.99 Å². The van der Waals surface area contributed by atoms with Crippen molar-refractivity contribution in [1.82, 2.24) is 4.90 Å². The number of nitrogens with two attached hydrogens (primary N) is 1. The molecule has 2 rings (SSSR count). The van der Waals surface area contributed by atoms with E-state index in [1.165, 1.54) is 25.7 Å². The van der Waals surface area contributed by atoms with Crippen molar-refractivity contribution in [1.29, 1.82) is 0 Å². The van der Waals surface area contributed by atoms with Gasteiger partial charge in [-0.25, -0.2) is 0 Å². The highest BCUT2D eigenvalue weighted by molar-refractivity contribution is 7.80. The Bertz CT molecular complexity index is 512. The Balaban J connectivity index is 1.86. The number of carbonyl (C=O) groups excluding carboxylic acids is 1. The fourth-order valence-electron chi connectivity index (χ4n) is 2.83. The molecule has 4 nitrogen and oxygen atoms in total. The molecule has 0 aliphatic heterocycles. The molecule has 0 radical (unpaired) electrons. The summed E-state index contributed by atoms with van der Waals surface area (Å²) in [6, 6.07) is 8.01. The zero-order valence-electron chi connectivity index (χ0n) is 12.5. The van der Waals surface area contributed by atoms with Gasteiger partial charge in [0.05, 0.1) is 5.69 Å². The summed E-state index contributed by atoms with van der Waals surface area (Å²) < 4.78 is 0. The average Bonchev–Trinajstić information content (AvgIpc) is 2.99. The van der Waals surface area contributed by atoms with E-state index in [9.17, 15) is 4.79 Å². The minimum atomic E-state index is 0.00328. The van der Waals surface area contributed by atoms with Crippen molar-refractivity contribution in [2.24, 2.45) is 5.73 Å². The van der Waals surface area contributed by atoms with Crippen LogP contribution in [0.1, 0.15) is 37.7 Å². The lowest BCUT2D eigenvalue weighted by atomic mass is 10.1. The van der Waals surface area contributed by atoms with Crippen molar-refractivity contribution in [2.45, 2.75) is 38.1 Å². The summed E-state index contributed by atoms with van der Waals surface area (Å²) in [5.74, 6) is 0.00328. The number of nitrogens with zero attached hydrogens (tertiary/aromatic N) is 1. The van der Waals surface area contributed by atoms with E-state index < -0.39 is 0 Å². The topological polar surface area (TPSA) is 58.4 Å². The van der Waals surface area contributed by atoms with Crippen LogP contribution in [-0.4, -0.2) is 35.4 Å². The first kappa shape index (κ1) is 15.9. The highest BCUT2D eigenvalue weighted by Crippen LogP contribution is 2.22. The quantitative estimate of drug-likeness (QED) is 0.793. The SMILES string of the molecule is CN(CCC(=O)Nc1ccccc1C(N)=S)C1CCCC1. The van der Waals surface area contributed by atoms with Gasteiger partial charge in [0.25, 0.3) is 0 Å². The summed E-state index contributed by atoms with van der Waals surface area (Å²) in [7, 11) is 2.10. The van der Waals surface area contributed by atoms with Crippen molar-refractivity contribution in [3.8, 4) is 0 Å². The van der Waals surface area contributed by atoms with Crippen LogP contribution in [0.3, 0.4) is 0 Å². The fourth-order valence-corrected chi connectivity index (χ4v) is 3.00. The Morgan fingerprint density at radius 1 is 1.38 bits per heavy atom. The van der Waals surface area contributed by atoms with E-state index in [4.69, 9.17) is 18.0 Å². The maximum Gasteiger partial charge on any atom is 0.225 e. The molecule has 1 saturated carbocycles. The van der Waals surface area contributed by atoms with E-state index in [2.05, 4.69) is 17.3 Å². The van der Waals surface area contributed by atoms with E-state index in [1.54, 1.807) is 0 Å². The summed E-state index contributed by atoms with van der Waals surface area (Å²) in [5, 5.41) is 2.90. The molecule has 114 valence electrons. The second-order valence-corrected chi connectivity index (χ2v) is 6.07. The first-order chi connectivity index (χ1) is 10.1. The van der Waals surface area contributed by atoms with E-state index in [1.807, 2.05) is 24.3 Å². The molecule has 1 aromatic rings. The molecule has 0 heterocycles.